The van der Waals surface area contributed by atoms with E-state index in [1.807, 2.05) is 24.8 Å². The Hall–Kier alpha value is -2.96. The Balaban J connectivity index is 1.49. The van der Waals surface area contributed by atoms with Gasteiger partial charge in [0.05, 0.1) is 0 Å². The van der Waals surface area contributed by atoms with Crippen molar-refractivity contribution in [3.63, 3.8) is 0 Å². The molecular weight excluding hydrogens is 328 g/mol. The number of benzene rings is 1. The van der Waals surface area contributed by atoms with Gasteiger partial charge < -0.3 is 9.80 Å². The summed E-state index contributed by atoms with van der Waals surface area (Å²) >= 11 is 0. The van der Waals surface area contributed by atoms with E-state index in [9.17, 15) is 4.79 Å². The maximum absolute atomic E-state index is 12.8. The van der Waals surface area contributed by atoms with E-state index < -0.39 is 0 Å². The van der Waals surface area contributed by atoms with Gasteiger partial charge in [0.15, 0.2) is 0 Å². The molecule has 0 saturated carbocycles. The van der Waals surface area contributed by atoms with E-state index in [2.05, 4.69) is 51.2 Å². The Labute approximate surface area is 152 Å². The Bertz CT molecular complexity index is 971. The van der Waals surface area contributed by atoms with Crippen molar-refractivity contribution in [3.8, 4) is 0 Å². The fourth-order valence-corrected chi connectivity index (χ4v) is 3.39. The summed E-state index contributed by atoms with van der Waals surface area (Å²) in [5.41, 5.74) is 4.24. The van der Waals surface area contributed by atoms with Crippen LogP contribution < -0.4 is 4.90 Å². The molecule has 0 unspecified atom stereocenters. The summed E-state index contributed by atoms with van der Waals surface area (Å²) in [6.07, 6.45) is 0. The number of aryl methyl sites for hydroxylation is 3. The highest BCUT2D eigenvalue weighted by atomic mass is 16.2. The summed E-state index contributed by atoms with van der Waals surface area (Å²) in [5.74, 6) is 0.566. The third-order valence-corrected chi connectivity index (χ3v) is 4.74. The van der Waals surface area contributed by atoms with Gasteiger partial charge in [0, 0.05) is 43.3 Å². The van der Waals surface area contributed by atoms with Gasteiger partial charge in [-0.25, -0.2) is 9.50 Å². The zero-order chi connectivity index (χ0) is 18.3. The first-order chi connectivity index (χ1) is 12.5. The SMILES string of the molecule is Cc1cccc(N2CCN(C(=O)c3nc4nc(C)cc(C)n4n3)CC2)c1. The minimum atomic E-state index is -0.128. The van der Waals surface area contributed by atoms with Crippen molar-refractivity contribution in [2.75, 3.05) is 31.1 Å². The smallest absolute Gasteiger partial charge is 0.293 e. The van der Waals surface area contributed by atoms with E-state index in [0.717, 1.165) is 24.5 Å². The number of hydrogen-bond donors (Lipinski definition) is 0. The molecule has 1 saturated heterocycles. The maximum atomic E-state index is 12.8. The van der Waals surface area contributed by atoms with Crippen LogP contribution in [0.2, 0.25) is 0 Å². The molecule has 7 heteroatoms. The monoisotopic (exact) mass is 350 g/mol. The summed E-state index contributed by atoms with van der Waals surface area (Å²) in [7, 11) is 0. The maximum Gasteiger partial charge on any atom is 0.293 e. The van der Waals surface area contributed by atoms with E-state index >= 15 is 0 Å². The number of carbonyl (C=O) groups excluding carboxylic acids is 1. The second-order valence-corrected chi connectivity index (χ2v) is 6.80. The van der Waals surface area contributed by atoms with Crippen LogP contribution in [0.5, 0.6) is 0 Å². The van der Waals surface area contributed by atoms with E-state index in [4.69, 9.17) is 0 Å². The van der Waals surface area contributed by atoms with Crippen molar-refractivity contribution < 1.29 is 4.79 Å². The standard InChI is InChI=1S/C19H22N6O/c1-13-5-4-6-16(11-13)23-7-9-24(10-8-23)18(26)17-21-19-20-14(2)12-15(3)25(19)22-17/h4-6,11-12H,7-10H2,1-3H3. The number of carbonyl (C=O) groups is 1. The van der Waals surface area contributed by atoms with Crippen LogP contribution in [-0.4, -0.2) is 56.6 Å². The Kier molecular flexibility index (Phi) is 4.06. The lowest BCUT2D eigenvalue weighted by Crippen LogP contribution is -2.49. The largest absolute Gasteiger partial charge is 0.368 e. The van der Waals surface area contributed by atoms with Crippen molar-refractivity contribution in [3.05, 3.63) is 53.1 Å². The van der Waals surface area contributed by atoms with Gasteiger partial charge in [-0.1, -0.05) is 12.1 Å². The summed E-state index contributed by atoms with van der Waals surface area (Å²) in [5, 5.41) is 4.36. The minimum absolute atomic E-state index is 0.128. The number of amides is 1. The molecule has 0 bridgehead atoms. The zero-order valence-corrected chi connectivity index (χ0v) is 15.3. The lowest BCUT2D eigenvalue weighted by molar-refractivity contribution is 0.0734. The molecule has 0 spiro atoms. The third-order valence-electron chi connectivity index (χ3n) is 4.74. The fraction of sp³-hybridized carbons (Fsp3) is 0.368. The van der Waals surface area contributed by atoms with E-state index in [1.165, 1.54) is 11.3 Å². The molecule has 134 valence electrons. The minimum Gasteiger partial charge on any atom is -0.368 e. The highest BCUT2D eigenvalue weighted by Crippen LogP contribution is 2.18. The van der Waals surface area contributed by atoms with Crippen LogP contribution >= 0.6 is 0 Å². The van der Waals surface area contributed by atoms with Gasteiger partial charge in [0.25, 0.3) is 11.7 Å². The number of nitrogens with zero attached hydrogens (tertiary/aromatic N) is 6. The first-order valence-electron chi connectivity index (χ1n) is 8.83. The lowest BCUT2D eigenvalue weighted by atomic mass is 10.2. The van der Waals surface area contributed by atoms with Crippen LogP contribution in [0.1, 0.15) is 27.6 Å². The molecule has 4 rings (SSSR count). The highest BCUT2D eigenvalue weighted by Gasteiger charge is 2.25. The molecule has 26 heavy (non-hydrogen) atoms. The van der Waals surface area contributed by atoms with Crippen LogP contribution in [0.3, 0.4) is 0 Å². The Morgan fingerprint density at radius 3 is 2.50 bits per heavy atom. The number of anilines is 1. The highest BCUT2D eigenvalue weighted by molar-refractivity contribution is 5.91. The molecule has 1 aliphatic heterocycles. The average Bonchev–Trinajstić information content (AvgIpc) is 3.05. The molecule has 0 atom stereocenters. The Morgan fingerprint density at radius 2 is 1.77 bits per heavy atom. The first-order valence-corrected chi connectivity index (χ1v) is 8.83. The average molecular weight is 350 g/mol. The molecule has 0 aliphatic carbocycles. The molecule has 2 aromatic heterocycles. The van der Waals surface area contributed by atoms with Gasteiger partial charge in [-0.2, -0.15) is 4.98 Å². The molecule has 7 nitrogen and oxygen atoms in total. The number of piperazine rings is 1. The molecule has 3 aromatic rings. The van der Waals surface area contributed by atoms with E-state index in [-0.39, 0.29) is 11.7 Å². The predicted molar refractivity (Wildman–Crippen MR) is 99.6 cm³/mol. The summed E-state index contributed by atoms with van der Waals surface area (Å²) in [6, 6.07) is 10.4. The molecular formula is C19H22N6O. The first kappa shape index (κ1) is 16.5. The molecule has 1 fully saturated rings. The molecule has 1 aromatic carbocycles. The summed E-state index contributed by atoms with van der Waals surface area (Å²) in [4.78, 5) is 25.6. The van der Waals surface area contributed by atoms with Gasteiger partial charge in [-0.05, 0) is 44.5 Å². The number of fused-ring (bicyclic) bond motifs is 1. The van der Waals surface area contributed by atoms with Gasteiger partial charge in [0.1, 0.15) is 0 Å². The second kappa shape index (κ2) is 6.40. The Morgan fingerprint density at radius 1 is 1.00 bits per heavy atom. The lowest BCUT2D eigenvalue weighted by Gasteiger charge is -2.35. The van der Waals surface area contributed by atoms with Gasteiger partial charge in [-0.15, -0.1) is 5.10 Å². The van der Waals surface area contributed by atoms with Gasteiger partial charge in [0.2, 0.25) is 5.82 Å². The van der Waals surface area contributed by atoms with Crippen molar-refractivity contribution in [1.29, 1.82) is 0 Å². The van der Waals surface area contributed by atoms with Crippen molar-refractivity contribution in [2.45, 2.75) is 20.8 Å². The van der Waals surface area contributed by atoms with Gasteiger partial charge >= 0.3 is 0 Å². The zero-order valence-electron chi connectivity index (χ0n) is 15.3. The fourth-order valence-electron chi connectivity index (χ4n) is 3.39. The van der Waals surface area contributed by atoms with Crippen molar-refractivity contribution in [2.24, 2.45) is 0 Å². The summed E-state index contributed by atoms with van der Waals surface area (Å²) in [6.45, 7) is 8.87. The summed E-state index contributed by atoms with van der Waals surface area (Å²) < 4.78 is 1.63. The van der Waals surface area contributed by atoms with Gasteiger partial charge in [-0.3, -0.25) is 4.79 Å². The van der Waals surface area contributed by atoms with E-state index in [0.29, 0.717) is 18.9 Å². The van der Waals surface area contributed by atoms with E-state index in [1.54, 1.807) is 4.52 Å². The van der Waals surface area contributed by atoms with Crippen LogP contribution in [0.25, 0.3) is 5.78 Å². The third kappa shape index (κ3) is 3.00. The molecule has 3 heterocycles. The topological polar surface area (TPSA) is 66.6 Å². The van der Waals surface area contributed by atoms with Crippen molar-refractivity contribution >= 4 is 17.4 Å². The van der Waals surface area contributed by atoms with Crippen LogP contribution in [-0.2, 0) is 0 Å². The van der Waals surface area contributed by atoms with Crippen LogP contribution in [0.15, 0.2) is 30.3 Å². The molecule has 0 N–H and O–H groups in total. The number of rotatable bonds is 2. The quantitative estimate of drug-likeness (QED) is 0.707. The second-order valence-electron chi connectivity index (χ2n) is 6.80. The molecule has 1 aliphatic rings. The molecule has 1 amide bonds. The number of aromatic nitrogens is 4. The number of hydrogen-bond acceptors (Lipinski definition) is 5. The van der Waals surface area contributed by atoms with Crippen LogP contribution in [0.4, 0.5) is 5.69 Å². The van der Waals surface area contributed by atoms with Crippen LogP contribution in [0, 0.1) is 20.8 Å². The molecule has 0 radical (unpaired) electrons. The van der Waals surface area contributed by atoms with Crippen molar-refractivity contribution in [1.82, 2.24) is 24.5 Å². The predicted octanol–water partition coefficient (Wildman–Crippen LogP) is 2.01. The normalized spacial score (nSPS) is 14.9.